The minimum Gasteiger partial charge on any atom is -0.383 e. The van der Waals surface area contributed by atoms with Crippen LogP contribution in [0.1, 0.15) is 18.1 Å². The minimum atomic E-state index is -0.779. The van der Waals surface area contributed by atoms with E-state index in [0.717, 1.165) is 22.5 Å². The molecule has 2 heterocycles. The fraction of sp³-hybridized carbons (Fsp3) is 0.130. The normalized spacial score (nSPS) is 11.5. The van der Waals surface area contributed by atoms with Crippen LogP contribution in [0.5, 0.6) is 0 Å². The fourth-order valence-electron chi connectivity index (χ4n) is 3.52. The Morgan fingerprint density at radius 2 is 1.91 bits per heavy atom. The topological polar surface area (TPSA) is 165 Å². The number of thioether (sulfide) groups is 1. The lowest BCUT2D eigenvalue weighted by atomic mass is 10.0. The monoisotopic (exact) mass is 472 g/mol. The van der Waals surface area contributed by atoms with Crippen molar-refractivity contribution in [3.63, 3.8) is 0 Å². The predicted octanol–water partition coefficient (Wildman–Crippen LogP) is 2.45. The van der Waals surface area contributed by atoms with Gasteiger partial charge in [-0.3, -0.25) is 9.32 Å². The van der Waals surface area contributed by atoms with Crippen LogP contribution in [-0.2, 0) is 11.8 Å². The van der Waals surface area contributed by atoms with Crippen LogP contribution in [0.3, 0.4) is 0 Å². The second-order valence-electron chi connectivity index (χ2n) is 7.32. The zero-order chi connectivity index (χ0) is 24.4. The number of nitrogens with zero attached hydrogens (tertiary/aromatic N) is 4. The number of aromatic amines is 1. The van der Waals surface area contributed by atoms with Gasteiger partial charge in [0.25, 0.3) is 0 Å². The molecular formula is C23H18N7O3S+. The third-order valence-electron chi connectivity index (χ3n) is 5.16. The lowest BCUT2D eigenvalue weighted by Gasteiger charge is -2.15. The van der Waals surface area contributed by atoms with Gasteiger partial charge in [0.2, 0.25) is 5.91 Å². The van der Waals surface area contributed by atoms with Gasteiger partial charge in [-0.2, -0.15) is 10.5 Å². The van der Waals surface area contributed by atoms with Crippen LogP contribution in [-0.4, -0.2) is 21.4 Å². The number of nitrogens with two attached hydrogens (primary N) is 1. The third kappa shape index (κ3) is 3.96. The fourth-order valence-corrected chi connectivity index (χ4v) is 4.44. The molecule has 11 heteroatoms. The van der Waals surface area contributed by atoms with Crippen molar-refractivity contribution in [1.29, 1.82) is 10.5 Å². The summed E-state index contributed by atoms with van der Waals surface area (Å²) in [5, 5.41) is 26.1. The zero-order valence-electron chi connectivity index (χ0n) is 18.1. The van der Waals surface area contributed by atoms with Gasteiger partial charge in [-0.1, -0.05) is 52.8 Å². The Labute approximate surface area is 197 Å². The third-order valence-corrected chi connectivity index (χ3v) is 6.25. The number of carbonyl (C=O) groups is 1. The summed E-state index contributed by atoms with van der Waals surface area (Å²) in [5.74, 6) is -0.482. The van der Waals surface area contributed by atoms with Crippen molar-refractivity contribution in [3.8, 4) is 23.4 Å². The molecule has 0 aliphatic carbocycles. The van der Waals surface area contributed by atoms with E-state index in [1.807, 2.05) is 48.5 Å². The lowest BCUT2D eigenvalue weighted by molar-refractivity contribution is -0.730. The van der Waals surface area contributed by atoms with E-state index in [2.05, 4.69) is 15.6 Å². The summed E-state index contributed by atoms with van der Waals surface area (Å²) in [7, 11) is 1.49. The van der Waals surface area contributed by atoms with Crippen LogP contribution in [0.4, 0.5) is 11.5 Å². The van der Waals surface area contributed by atoms with E-state index in [4.69, 9.17) is 10.3 Å². The summed E-state index contributed by atoms with van der Waals surface area (Å²) < 4.78 is 6.02. The Hall–Kier alpha value is -4.61. The van der Waals surface area contributed by atoms with Crippen LogP contribution in [0, 0.1) is 22.7 Å². The molecule has 0 aliphatic rings. The number of benzene rings is 2. The number of fused-ring (bicyclic) bond motifs is 1. The van der Waals surface area contributed by atoms with Gasteiger partial charge in [0, 0.05) is 11.1 Å². The molecule has 0 bridgehead atoms. The Kier molecular flexibility index (Phi) is 6.04. The van der Waals surface area contributed by atoms with Crippen LogP contribution in [0.15, 0.2) is 56.8 Å². The van der Waals surface area contributed by atoms with Gasteiger partial charge in [0.1, 0.15) is 34.1 Å². The van der Waals surface area contributed by atoms with Crippen LogP contribution in [0.2, 0.25) is 0 Å². The molecule has 2 aromatic carbocycles. The number of aryl methyl sites for hydroxylation is 1. The molecular weight excluding hydrogens is 454 g/mol. The molecule has 4 rings (SSSR count). The maximum absolute atomic E-state index is 13.0. The van der Waals surface area contributed by atoms with E-state index in [1.54, 1.807) is 13.0 Å². The number of hydrogen-bond acceptors (Lipinski definition) is 8. The molecule has 4 aromatic rings. The SMILES string of the molecule is CC(Sc1nc(N)c(C#N)c(-c2c(=O)o[nH][n+]2C)c1C#N)C(=O)Nc1cccc2ccccc12. The lowest BCUT2D eigenvalue weighted by Crippen LogP contribution is -2.34. The number of nitrogens with one attached hydrogen (secondary N) is 2. The summed E-state index contributed by atoms with van der Waals surface area (Å²) in [6.07, 6.45) is 0. The Balaban J connectivity index is 1.71. The molecule has 0 saturated carbocycles. The van der Waals surface area contributed by atoms with Crippen molar-refractivity contribution in [3.05, 3.63) is 64.0 Å². The Bertz CT molecular complexity index is 1570. The molecule has 1 atom stereocenters. The van der Waals surface area contributed by atoms with Gasteiger partial charge >= 0.3 is 11.3 Å². The highest BCUT2D eigenvalue weighted by Crippen LogP contribution is 2.35. The number of pyridine rings is 1. The van der Waals surface area contributed by atoms with Gasteiger partial charge in [-0.25, -0.2) is 9.78 Å². The molecule has 0 radical (unpaired) electrons. The van der Waals surface area contributed by atoms with Gasteiger partial charge in [0.05, 0.1) is 10.8 Å². The Morgan fingerprint density at radius 3 is 2.59 bits per heavy atom. The average molecular weight is 473 g/mol. The number of hydrogen-bond donors (Lipinski definition) is 3. The predicted molar refractivity (Wildman–Crippen MR) is 125 cm³/mol. The van der Waals surface area contributed by atoms with Crippen LogP contribution < -0.4 is 21.4 Å². The molecule has 0 saturated heterocycles. The summed E-state index contributed by atoms with van der Waals surface area (Å²) in [6.45, 7) is 1.66. The molecule has 0 aliphatic heterocycles. The van der Waals surface area contributed by atoms with E-state index in [1.165, 1.54) is 11.7 Å². The van der Waals surface area contributed by atoms with Gasteiger partial charge in [0.15, 0.2) is 7.05 Å². The summed E-state index contributed by atoms with van der Waals surface area (Å²) in [5.41, 5.74) is 5.63. The van der Waals surface area contributed by atoms with Crippen molar-refractivity contribution in [2.75, 3.05) is 11.1 Å². The van der Waals surface area contributed by atoms with Gasteiger partial charge in [-0.15, -0.1) is 0 Å². The molecule has 2 aromatic heterocycles. The smallest absolute Gasteiger partial charge is 0.383 e. The second-order valence-corrected chi connectivity index (χ2v) is 8.64. The summed E-state index contributed by atoms with van der Waals surface area (Å²) in [6, 6.07) is 17.2. The average Bonchev–Trinajstić information content (AvgIpc) is 3.16. The summed E-state index contributed by atoms with van der Waals surface area (Å²) in [4.78, 5) is 29.4. The number of H-pyrrole nitrogens is 1. The number of amides is 1. The van der Waals surface area contributed by atoms with E-state index < -0.39 is 10.9 Å². The first-order valence-electron chi connectivity index (χ1n) is 10.0. The number of nitrogen functional groups attached to an aromatic ring is 1. The largest absolute Gasteiger partial charge is 0.435 e. The quantitative estimate of drug-likeness (QED) is 0.294. The second kappa shape index (κ2) is 9.10. The molecule has 168 valence electrons. The number of anilines is 2. The first-order valence-corrected chi connectivity index (χ1v) is 10.9. The highest BCUT2D eigenvalue weighted by atomic mass is 32.2. The van der Waals surface area contributed by atoms with Gasteiger partial charge < -0.3 is 11.1 Å². The maximum atomic E-state index is 13.0. The number of nitriles is 2. The molecule has 1 amide bonds. The van der Waals surface area contributed by atoms with E-state index in [0.29, 0.717) is 5.69 Å². The molecule has 0 spiro atoms. The number of carbonyl (C=O) groups excluding carboxylic acids is 1. The standard InChI is InChI=1S/C23H17N7O3S/c1-12(21(31)27-17-9-5-7-13-6-3-4-8-14(13)17)34-22-16(11-25)18(15(10-24)20(26)28-22)19-23(32)33-29-30(19)2/h3-9,12H,1-2H3,(H3-,26,27,28,29,31,32)/p+1. The first kappa shape index (κ1) is 22.6. The van der Waals surface area contributed by atoms with E-state index in [9.17, 15) is 20.1 Å². The number of rotatable bonds is 5. The highest BCUT2D eigenvalue weighted by Gasteiger charge is 2.32. The van der Waals surface area contributed by atoms with Crippen molar-refractivity contribution in [2.24, 2.45) is 7.05 Å². The van der Waals surface area contributed by atoms with Crippen molar-refractivity contribution >= 4 is 39.9 Å². The van der Waals surface area contributed by atoms with E-state index >= 15 is 0 Å². The van der Waals surface area contributed by atoms with Crippen molar-refractivity contribution in [2.45, 2.75) is 17.2 Å². The molecule has 0 fully saturated rings. The van der Waals surface area contributed by atoms with E-state index in [-0.39, 0.29) is 39.1 Å². The van der Waals surface area contributed by atoms with Crippen molar-refractivity contribution < 1.29 is 14.0 Å². The van der Waals surface area contributed by atoms with Gasteiger partial charge in [-0.05, 0) is 23.6 Å². The molecule has 1 unspecified atom stereocenters. The van der Waals surface area contributed by atoms with Crippen LogP contribution in [0.25, 0.3) is 22.0 Å². The first-order chi connectivity index (χ1) is 16.3. The molecule has 10 nitrogen and oxygen atoms in total. The number of aromatic nitrogens is 3. The zero-order valence-corrected chi connectivity index (χ0v) is 18.9. The van der Waals surface area contributed by atoms with Crippen molar-refractivity contribution in [1.82, 2.24) is 10.3 Å². The maximum Gasteiger partial charge on any atom is 0.435 e. The molecule has 4 N–H and O–H groups in total. The molecule has 34 heavy (non-hydrogen) atoms. The Morgan fingerprint density at radius 1 is 1.21 bits per heavy atom. The van der Waals surface area contributed by atoms with Crippen LogP contribution >= 0.6 is 11.8 Å². The highest BCUT2D eigenvalue weighted by molar-refractivity contribution is 8.00. The summed E-state index contributed by atoms with van der Waals surface area (Å²) >= 11 is 0.997. The minimum absolute atomic E-state index is 0.000776.